The number of nitrogens with zero attached hydrogens (tertiary/aromatic N) is 1. The minimum atomic E-state index is 0.155. The Morgan fingerprint density at radius 3 is 2.50 bits per heavy atom. The van der Waals surface area contributed by atoms with Crippen molar-refractivity contribution in [2.75, 3.05) is 5.75 Å². The summed E-state index contributed by atoms with van der Waals surface area (Å²) in [5.41, 5.74) is 0.155. The molecule has 0 bridgehead atoms. The van der Waals surface area contributed by atoms with Crippen LogP contribution in [0.2, 0.25) is 0 Å². The average molecular weight is 128 g/mol. The second kappa shape index (κ2) is 1.76. The largest absolute Gasteiger partial charge is 0.276 e. The summed E-state index contributed by atoms with van der Waals surface area (Å²) in [6.45, 7) is 7.99. The molecular weight excluding hydrogens is 118 g/mol. The standard InChI is InChI=1S/C6H10NS/c1-5-7-6(2,3)4-8-5/h1,4H2,2-3H3. The van der Waals surface area contributed by atoms with Crippen molar-refractivity contribution >= 4 is 16.8 Å². The van der Waals surface area contributed by atoms with E-state index in [1.54, 1.807) is 11.8 Å². The number of aliphatic imine (C=N–C) groups is 1. The van der Waals surface area contributed by atoms with Crippen LogP contribution < -0.4 is 0 Å². The highest BCUT2D eigenvalue weighted by Gasteiger charge is 2.22. The van der Waals surface area contributed by atoms with Crippen LogP contribution in [0.5, 0.6) is 0 Å². The zero-order valence-corrected chi connectivity index (χ0v) is 6.09. The number of hydrogen-bond donors (Lipinski definition) is 0. The molecule has 0 saturated carbocycles. The first kappa shape index (κ1) is 6.14. The highest BCUT2D eigenvalue weighted by atomic mass is 32.2. The van der Waals surface area contributed by atoms with Gasteiger partial charge in [-0.2, -0.15) is 0 Å². The fraction of sp³-hybridized carbons (Fsp3) is 0.667. The molecule has 45 valence electrons. The Hall–Kier alpha value is 0.0200. The van der Waals surface area contributed by atoms with E-state index >= 15 is 0 Å². The van der Waals surface area contributed by atoms with Gasteiger partial charge < -0.3 is 0 Å². The molecule has 0 N–H and O–H groups in total. The second-order valence-electron chi connectivity index (χ2n) is 2.61. The molecule has 8 heavy (non-hydrogen) atoms. The molecule has 0 aromatic carbocycles. The minimum Gasteiger partial charge on any atom is -0.276 e. The Balaban J connectivity index is 2.67. The van der Waals surface area contributed by atoms with E-state index in [-0.39, 0.29) is 5.54 Å². The maximum Gasteiger partial charge on any atom is 0.0687 e. The predicted molar refractivity (Wildman–Crippen MR) is 39.3 cm³/mol. The van der Waals surface area contributed by atoms with Gasteiger partial charge >= 0.3 is 0 Å². The molecule has 1 rings (SSSR count). The van der Waals surface area contributed by atoms with Crippen molar-refractivity contribution in [1.29, 1.82) is 0 Å². The molecule has 2 heteroatoms. The molecule has 0 spiro atoms. The molecule has 0 amide bonds. The molecule has 1 aliphatic heterocycles. The van der Waals surface area contributed by atoms with Gasteiger partial charge in [0.05, 0.1) is 10.6 Å². The van der Waals surface area contributed by atoms with Crippen molar-refractivity contribution in [2.24, 2.45) is 4.99 Å². The number of rotatable bonds is 0. The van der Waals surface area contributed by atoms with Gasteiger partial charge in [0.15, 0.2) is 0 Å². The first-order chi connectivity index (χ1) is 3.60. The van der Waals surface area contributed by atoms with Crippen LogP contribution in [-0.2, 0) is 0 Å². The molecule has 0 aromatic rings. The van der Waals surface area contributed by atoms with E-state index in [1.165, 1.54) is 0 Å². The van der Waals surface area contributed by atoms with E-state index < -0.39 is 0 Å². The van der Waals surface area contributed by atoms with Crippen LogP contribution in [-0.4, -0.2) is 16.3 Å². The quantitative estimate of drug-likeness (QED) is 0.484. The smallest absolute Gasteiger partial charge is 0.0687 e. The highest BCUT2D eigenvalue weighted by Crippen LogP contribution is 2.25. The van der Waals surface area contributed by atoms with E-state index in [0.29, 0.717) is 0 Å². The van der Waals surface area contributed by atoms with Gasteiger partial charge in [0.2, 0.25) is 0 Å². The van der Waals surface area contributed by atoms with Crippen LogP contribution in [0, 0.1) is 6.92 Å². The Morgan fingerprint density at radius 1 is 1.75 bits per heavy atom. The lowest BCUT2D eigenvalue weighted by molar-refractivity contribution is 0.605. The number of hydrogen-bond acceptors (Lipinski definition) is 2. The topological polar surface area (TPSA) is 12.4 Å². The summed E-state index contributed by atoms with van der Waals surface area (Å²) in [5.74, 6) is 1.09. The van der Waals surface area contributed by atoms with Gasteiger partial charge in [-0.15, -0.1) is 11.8 Å². The van der Waals surface area contributed by atoms with E-state index in [9.17, 15) is 0 Å². The molecule has 0 atom stereocenters. The lowest BCUT2D eigenvalue weighted by atomic mass is 10.1. The van der Waals surface area contributed by atoms with Crippen molar-refractivity contribution in [3.05, 3.63) is 6.92 Å². The van der Waals surface area contributed by atoms with Gasteiger partial charge in [-0.3, -0.25) is 4.99 Å². The normalized spacial score (nSPS) is 25.6. The summed E-state index contributed by atoms with van der Waals surface area (Å²) in [7, 11) is 0. The molecule has 0 saturated heterocycles. The van der Waals surface area contributed by atoms with Gasteiger partial charge in [0, 0.05) is 12.7 Å². The molecule has 0 unspecified atom stereocenters. The maximum atomic E-state index is 4.29. The fourth-order valence-electron chi connectivity index (χ4n) is 0.662. The zero-order valence-electron chi connectivity index (χ0n) is 5.27. The molecular formula is C6H10NS. The van der Waals surface area contributed by atoms with E-state index in [4.69, 9.17) is 0 Å². The molecule has 1 aliphatic rings. The first-order valence-corrected chi connectivity index (χ1v) is 3.63. The van der Waals surface area contributed by atoms with Gasteiger partial charge in [-0.05, 0) is 13.8 Å². The third kappa shape index (κ3) is 1.25. The van der Waals surface area contributed by atoms with Crippen molar-refractivity contribution < 1.29 is 0 Å². The van der Waals surface area contributed by atoms with Crippen LogP contribution >= 0.6 is 11.8 Å². The van der Waals surface area contributed by atoms with Crippen molar-refractivity contribution in [1.82, 2.24) is 0 Å². The fourth-order valence-corrected chi connectivity index (χ4v) is 1.56. The molecule has 1 nitrogen and oxygen atoms in total. The van der Waals surface area contributed by atoms with Crippen LogP contribution in [0.1, 0.15) is 13.8 Å². The van der Waals surface area contributed by atoms with Crippen LogP contribution in [0.3, 0.4) is 0 Å². The van der Waals surface area contributed by atoms with Crippen molar-refractivity contribution in [2.45, 2.75) is 19.4 Å². The molecule has 0 fully saturated rings. The van der Waals surface area contributed by atoms with Gasteiger partial charge in [0.25, 0.3) is 0 Å². The van der Waals surface area contributed by atoms with Crippen LogP contribution in [0.4, 0.5) is 0 Å². The minimum absolute atomic E-state index is 0.155. The Morgan fingerprint density at radius 2 is 2.38 bits per heavy atom. The summed E-state index contributed by atoms with van der Waals surface area (Å²) in [6, 6.07) is 0. The second-order valence-corrected chi connectivity index (χ2v) is 3.66. The van der Waals surface area contributed by atoms with Gasteiger partial charge in [-0.1, -0.05) is 0 Å². The third-order valence-electron chi connectivity index (χ3n) is 1.02. The summed E-state index contributed by atoms with van der Waals surface area (Å²) < 4.78 is 0. The lowest BCUT2D eigenvalue weighted by Gasteiger charge is -2.09. The lowest BCUT2D eigenvalue weighted by Crippen LogP contribution is -2.14. The summed E-state index contributed by atoms with van der Waals surface area (Å²) in [4.78, 5) is 4.29. The molecule has 0 aromatic heterocycles. The average Bonchev–Trinajstić information content (AvgIpc) is 1.82. The van der Waals surface area contributed by atoms with E-state index in [2.05, 4.69) is 25.8 Å². The summed E-state index contributed by atoms with van der Waals surface area (Å²) in [6.07, 6.45) is 0. The molecule has 0 aliphatic carbocycles. The van der Waals surface area contributed by atoms with Gasteiger partial charge in [0.1, 0.15) is 0 Å². The van der Waals surface area contributed by atoms with Crippen LogP contribution in [0.25, 0.3) is 0 Å². The SMILES string of the molecule is [CH2]C1=NC(C)(C)CS1. The first-order valence-electron chi connectivity index (χ1n) is 2.65. The monoisotopic (exact) mass is 128 g/mol. The maximum absolute atomic E-state index is 4.29. The Labute approximate surface area is 54.6 Å². The van der Waals surface area contributed by atoms with Crippen molar-refractivity contribution in [3.8, 4) is 0 Å². The van der Waals surface area contributed by atoms with Crippen molar-refractivity contribution in [3.63, 3.8) is 0 Å². The Bertz CT molecular complexity index is 126. The summed E-state index contributed by atoms with van der Waals surface area (Å²) in [5, 5.41) is 0.981. The number of thioether (sulfide) groups is 1. The van der Waals surface area contributed by atoms with Gasteiger partial charge in [-0.25, -0.2) is 0 Å². The van der Waals surface area contributed by atoms with E-state index in [1.807, 2.05) is 0 Å². The highest BCUT2D eigenvalue weighted by molar-refractivity contribution is 8.14. The third-order valence-corrected chi connectivity index (χ3v) is 2.29. The van der Waals surface area contributed by atoms with E-state index in [0.717, 1.165) is 10.8 Å². The Kier molecular flexibility index (Phi) is 1.35. The zero-order chi connectivity index (χ0) is 6.20. The molecule has 1 heterocycles. The summed E-state index contributed by atoms with van der Waals surface area (Å²) >= 11 is 1.74. The van der Waals surface area contributed by atoms with Crippen LogP contribution in [0.15, 0.2) is 4.99 Å². The molecule has 1 radical (unpaired) electrons. The predicted octanol–water partition coefficient (Wildman–Crippen LogP) is 1.74.